The van der Waals surface area contributed by atoms with Crippen molar-refractivity contribution in [2.45, 2.75) is 0 Å². The highest BCUT2D eigenvalue weighted by Crippen LogP contribution is 2.49. The third-order valence-electron chi connectivity index (χ3n) is 11.9. The van der Waals surface area contributed by atoms with Crippen molar-refractivity contribution >= 4 is 63.8 Å². The first-order valence-electron chi connectivity index (χ1n) is 20.6. The van der Waals surface area contributed by atoms with E-state index in [2.05, 4.69) is 194 Å². The second-order valence-electron chi connectivity index (χ2n) is 15.4. The molecule has 0 amide bonds. The van der Waals surface area contributed by atoms with E-state index in [1.165, 1.54) is 64.0 Å². The molecule has 0 spiro atoms. The van der Waals surface area contributed by atoms with E-state index in [1.54, 1.807) is 11.3 Å². The van der Waals surface area contributed by atoms with Crippen LogP contribution in [0.15, 0.2) is 212 Å². The number of fused-ring (bicyclic) bond motifs is 6. The van der Waals surface area contributed by atoms with E-state index in [4.69, 9.17) is 15.0 Å². The molecule has 3 nitrogen and oxygen atoms in total. The van der Waals surface area contributed by atoms with Gasteiger partial charge < -0.3 is 0 Å². The van der Waals surface area contributed by atoms with Gasteiger partial charge in [-0.3, -0.25) is 0 Å². The van der Waals surface area contributed by atoms with Gasteiger partial charge in [0.15, 0.2) is 17.5 Å². The van der Waals surface area contributed by atoms with Crippen molar-refractivity contribution in [1.82, 2.24) is 15.0 Å². The Labute approximate surface area is 356 Å². The maximum atomic E-state index is 5.51. The molecule has 0 atom stereocenters. The molecule has 0 aliphatic heterocycles. The van der Waals surface area contributed by atoms with Crippen LogP contribution in [-0.2, 0) is 0 Å². The largest absolute Gasteiger partial charge is 0.208 e. The summed E-state index contributed by atoms with van der Waals surface area (Å²) in [5.41, 5.74) is 9.98. The molecule has 2 heterocycles. The van der Waals surface area contributed by atoms with Crippen LogP contribution in [0, 0.1) is 0 Å². The van der Waals surface area contributed by atoms with Crippen LogP contribution < -0.4 is 0 Å². The zero-order chi connectivity index (χ0) is 40.3. The van der Waals surface area contributed by atoms with Crippen molar-refractivity contribution in [1.29, 1.82) is 0 Å². The standard InChI is InChI=1S/C57H35N3S/c1-3-18-36(19-4-1)39-23-9-10-26-42(39)51-43-27-11-13-29-45(43)52(46-30-14-12-28-44(46)51)48-35-34-37-20-7-8-24-40(37)53(48)57-59-55(38-21-5-2-6-22-38)58-56(60-57)49-32-17-31-47-41-25-15-16-33-50(41)61-54(47)49/h1-35H. The minimum atomic E-state index is 0.639. The summed E-state index contributed by atoms with van der Waals surface area (Å²) in [4.78, 5) is 16.2. The highest BCUT2D eigenvalue weighted by molar-refractivity contribution is 7.26. The van der Waals surface area contributed by atoms with Crippen LogP contribution in [0.1, 0.15) is 0 Å². The fraction of sp³-hybridized carbons (Fsp3) is 0. The van der Waals surface area contributed by atoms with Crippen molar-refractivity contribution in [3.05, 3.63) is 212 Å². The summed E-state index contributed by atoms with van der Waals surface area (Å²) in [5, 5.41) is 9.38. The van der Waals surface area contributed by atoms with E-state index in [0.717, 1.165) is 38.6 Å². The Morgan fingerprint density at radius 3 is 1.46 bits per heavy atom. The average Bonchev–Trinajstić information content (AvgIpc) is 3.72. The molecule has 12 aromatic rings. The predicted molar refractivity (Wildman–Crippen MR) is 258 cm³/mol. The van der Waals surface area contributed by atoms with Gasteiger partial charge in [0.2, 0.25) is 0 Å². The van der Waals surface area contributed by atoms with Crippen LogP contribution in [0.25, 0.3) is 120 Å². The first-order chi connectivity index (χ1) is 30.3. The number of benzene rings is 10. The first-order valence-corrected chi connectivity index (χ1v) is 21.4. The third-order valence-corrected chi connectivity index (χ3v) is 13.2. The molecule has 0 aliphatic rings. The molecule has 10 aromatic carbocycles. The van der Waals surface area contributed by atoms with Crippen LogP contribution >= 0.6 is 11.3 Å². The minimum absolute atomic E-state index is 0.639. The summed E-state index contributed by atoms with van der Waals surface area (Å²) in [5.74, 6) is 1.93. The van der Waals surface area contributed by atoms with Gasteiger partial charge in [-0.25, -0.2) is 15.0 Å². The molecule has 0 saturated heterocycles. The number of rotatable bonds is 6. The molecule has 4 heteroatoms. The molecule has 0 bridgehead atoms. The SMILES string of the molecule is c1ccc(-c2nc(-c3c(-c4c5ccccc5c(-c5ccccc5-c5ccccc5)c5ccccc45)ccc4ccccc34)nc(-c3cccc4c3sc3ccccc34)n2)cc1. The Kier molecular flexibility index (Phi) is 8.36. The van der Waals surface area contributed by atoms with Crippen molar-refractivity contribution in [3.63, 3.8) is 0 Å². The monoisotopic (exact) mass is 793 g/mol. The molecule has 61 heavy (non-hydrogen) atoms. The highest BCUT2D eigenvalue weighted by Gasteiger charge is 2.24. The number of aromatic nitrogens is 3. The van der Waals surface area contributed by atoms with Crippen LogP contribution in [0.4, 0.5) is 0 Å². The molecular formula is C57H35N3S. The Bertz CT molecular complexity index is 3590. The number of hydrogen-bond donors (Lipinski definition) is 0. The van der Waals surface area contributed by atoms with Gasteiger partial charge in [0, 0.05) is 36.9 Å². The first kappa shape index (κ1) is 35.2. The molecule has 284 valence electrons. The zero-order valence-corrected chi connectivity index (χ0v) is 33.8. The predicted octanol–water partition coefficient (Wildman–Crippen LogP) is 15.7. The van der Waals surface area contributed by atoms with Gasteiger partial charge in [0.25, 0.3) is 0 Å². The van der Waals surface area contributed by atoms with E-state index in [1.807, 2.05) is 18.2 Å². The molecule has 0 unspecified atom stereocenters. The smallest absolute Gasteiger partial charge is 0.165 e. The van der Waals surface area contributed by atoms with E-state index < -0.39 is 0 Å². The average molecular weight is 794 g/mol. The van der Waals surface area contributed by atoms with Gasteiger partial charge in [0.05, 0.1) is 0 Å². The molecule has 0 aliphatic carbocycles. The normalized spacial score (nSPS) is 11.6. The Hall–Kier alpha value is -7.79. The summed E-state index contributed by atoms with van der Waals surface area (Å²) in [6, 6.07) is 75.8. The van der Waals surface area contributed by atoms with Crippen LogP contribution in [-0.4, -0.2) is 15.0 Å². The molecule has 12 rings (SSSR count). The second-order valence-corrected chi connectivity index (χ2v) is 16.5. The van der Waals surface area contributed by atoms with E-state index in [-0.39, 0.29) is 0 Å². The quantitative estimate of drug-likeness (QED) is 0.157. The van der Waals surface area contributed by atoms with Crippen LogP contribution in [0.5, 0.6) is 0 Å². The minimum Gasteiger partial charge on any atom is -0.208 e. The second kappa shape index (κ2) is 14.5. The Morgan fingerprint density at radius 2 is 0.754 bits per heavy atom. The summed E-state index contributed by atoms with van der Waals surface area (Å²) >= 11 is 1.79. The lowest BCUT2D eigenvalue weighted by Gasteiger charge is -2.21. The van der Waals surface area contributed by atoms with Gasteiger partial charge in [-0.05, 0) is 77.8 Å². The fourth-order valence-electron chi connectivity index (χ4n) is 9.25. The maximum absolute atomic E-state index is 5.51. The van der Waals surface area contributed by atoms with Gasteiger partial charge in [0.1, 0.15) is 0 Å². The van der Waals surface area contributed by atoms with Crippen LogP contribution in [0.2, 0.25) is 0 Å². The molecule has 2 aromatic heterocycles. The lowest BCUT2D eigenvalue weighted by atomic mass is 9.82. The van der Waals surface area contributed by atoms with E-state index in [0.29, 0.717) is 17.5 Å². The topological polar surface area (TPSA) is 38.7 Å². The summed E-state index contributed by atoms with van der Waals surface area (Å²) in [6.45, 7) is 0. The third kappa shape index (κ3) is 5.83. The van der Waals surface area contributed by atoms with E-state index in [9.17, 15) is 0 Å². The fourth-order valence-corrected chi connectivity index (χ4v) is 10.5. The lowest BCUT2D eigenvalue weighted by Crippen LogP contribution is -2.02. The number of nitrogens with zero attached hydrogens (tertiary/aromatic N) is 3. The summed E-state index contributed by atoms with van der Waals surface area (Å²) in [7, 11) is 0. The van der Waals surface area contributed by atoms with Crippen molar-refractivity contribution in [2.24, 2.45) is 0 Å². The van der Waals surface area contributed by atoms with Gasteiger partial charge >= 0.3 is 0 Å². The maximum Gasteiger partial charge on any atom is 0.165 e. The summed E-state index contributed by atoms with van der Waals surface area (Å²) < 4.78 is 2.41. The van der Waals surface area contributed by atoms with Gasteiger partial charge in [-0.1, -0.05) is 200 Å². The van der Waals surface area contributed by atoms with Crippen molar-refractivity contribution in [2.75, 3.05) is 0 Å². The Morgan fingerprint density at radius 1 is 0.262 bits per heavy atom. The van der Waals surface area contributed by atoms with Gasteiger partial charge in [-0.2, -0.15) is 0 Å². The lowest BCUT2D eigenvalue weighted by molar-refractivity contribution is 1.08. The molecular weight excluding hydrogens is 759 g/mol. The highest BCUT2D eigenvalue weighted by atomic mass is 32.1. The molecule has 0 saturated carbocycles. The molecule has 0 N–H and O–H groups in total. The summed E-state index contributed by atoms with van der Waals surface area (Å²) in [6.07, 6.45) is 0. The molecule has 0 radical (unpaired) electrons. The van der Waals surface area contributed by atoms with Crippen molar-refractivity contribution in [3.8, 4) is 67.5 Å². The number of thiophene rings is 1. The molecule has 0 fully saturated rings. The van der Waals surface area contributed by atoms with Crippen molar-refractivity contribution < 1.29 is 0 Å². The van der Waals surface area contributed by atoms with Gasteiger partial charge in [-0.15, -0.1) is 11.3 Å². The Balaban J connectivity index is 1.18. The van der Waals surface area contributed by atoms with E-state index >= 15 is 0 Å². The number of hydrogen-bond acceptors (Lipinski definition) is 4. The van der Waals surface area contributed by atoms with Crippen LogP contribution in [0.3, 0.4) is 0 Å². The zero-order valence-electron chi connectivity index (χ0n) is 33.0.